The first-order chi connectivity index (χ1) is 15.5. The summed E-state index contributed by atoms with van der Waals surface area (Å²) in [6.45, 7) is 5.90. The third kappa shape index (κ3) is 6.57. The highest BCUT2D eigenvalue weighted by molar-refractivity contribution is 5.93. The molecule has 1 atom stereocenters. The minimum Gasteiger partial charge on any atom is -0.352 e. The number of carbonyl (C=O) groups excluding carboxylic acids is 1. The van der Waals surface area contributed by atoms with Crippen molar-refractivity contribution in [2.24, 2.45) is 4.99 Å². The molecule has 0 saturated carbocycles. The number of guanidine groups is 1. The van der Waals surface area contributed by atoms with Crippen molar-refractivity contribution in [3.05, 3.63) is 70.8 Å². The third-order valence-corrected chi connectivity index (χ3v) is 6.17. The minimum absolute atomic E-state index is 0.0135. The lowest BCUT2D eigenvalue weighted by atomic mass is 10.0. The predicted molar refractivity (Wildman–Crippen MR) is 132 cm³/mol. The second kappa shape index (κ2) is 11.7. The van der Waals surface area contributed by atoms with E-state index in [-0.39, 0.29) is 5.91 Å². The standard InChI is InChI=1S/C26H37N5O/c1-20-9-7-8-16-31(20)19-24-11-6-5-10-23(24)18-29-26(27-2)28-17-21-12-14-22(15-13-21)25(32)30(3)4/h5-6,10-15,20H,7-9,16-19H2,1-4H3,(H2,27,28,29). The Labute approximate surface area is 192 Å². The van der Waals surface area contributed by atoms with E-state index in [9.17, 15) is 4.79 Å². The molecule has 1 heterocycles. The average Bonchev–Trinajstić information content (AvgIpc) is 2.81. The van der Waals surface area contributed by atoms with Crippen molar-refractivity contribution < 1.29 is 4.79 Å². The Kier molecular flexibility index (Phi) is 8.68. The predicted octanol–water partition coefficient (Wildman–Crippen LogP) is 3.63. The number of rotatable bonds is 7. The molecule has 1 amide bonds. The summed E-state index contributed by atoms with van der Waals surface area (Å²) in [5.74, 6) is 0.777. The summed E-state index contributed by atoms with van der Waals surface area (Å²) in [6.07, 6.45) is 3.93. The molecule has 32 heavy (non-hydrogen) atoms. The fourth-order valence-corrected chi connectivity index (χ4v) is 4.10. The fourth-order valence-electron chi connectivity index (χ4n) is 4.10. The highest BCUT2D eigenvalue weighted by Gasteiger charge is 2.19. The molecular formula is C26H37N5O. The van der Waals surface area contributed by atoms with E-state index in [1.54, 1.807) is 26.0 Å². The molecule has 0 spiro atoms. The largest absolute Gasteiger partial charge is 0.352 e. The number of hydrogen-bond donors (Lipinski definition) is 2. The smallest absolute Gasteiger partial charge is 0.253 e. The van der Waals surface area contributed by atoms with Gasteiger partial charge >= 0.3 is 0 Å². The van der Waals surface area contributed by atoms with E-state index in [4.69, 9.17) is 0 Å². The zero-order chi connectivity index (χ0) is 22.9. The van der Waals surface area contributed by atoms with E-state index >= 15 is 0 Å². The van der Waals surface area contributed by atoms with Crippen LogP contribution in [0.3, 0.4) is 0 Å². The van der Waals surface area contributed by atoms with Crippen LogP contribution in [0.4, 0.5) is 0 Å². The maximum Gasteiger partial charge on any atom is 0.253 e. The number of piperidine rings is 1. The first-order valence-electron chi connectivity index (χ1n) is 11.5. The van der Waals surface area contributed by atoms with Crippen LogP contribution in [0.15, 0.2) is 53.5 Å². The molecule has 172 valence electrons. The Morgan fingerprint density at radius 3 is 2.38 bits per heavy atom. The summed E-state index contributed by atoms with van der Waals surface area (Å²) in [5, 5.41) is 6.82. The molecule has 0 aliphatic carbocycles. The van der Waals surface area contributed by atoms with Crippen LogP contribution in [0.25, 0.3) is 0 Å². The third-order valence-electron chi connectivity index (χ3n) is 6.17. The number of nitrogens with zero attached hydrogens (tertiary/aromatic N) is 3. The number of benzene rings is 2. The first-order valence-corrected chi connectivity index (χ1v) is 11.5. The Morgan fingerprint density at radius 1 is 1.03 bits per heavy atom. The van der Waals surface area contributed by atoms with Gasteiger partial charge in [0.05, 0.1) is 0 Å². The quantitative estimate of drug-likeness (QED) is 0.515. The number of aliphatic imine (C=N–C) groups is 1. The molecule has 6 nitrogen and oxygen atoms in total. The van der Waals surface area contributed by atoms with Crippen molar-refractivity contribution in [3.63, 3.8) is 0 Å². The monoisotopic (exact) mass is 435 g/mol. The minimum atomic E-state index is 0.0135. The van der Waals surface area contributed by atoms with E-state index in [0.29, 0.717) is 18.2 Å². The van der Waals surface area contributed by atoms with Crippen LogP contribution < -0.4 is 10.6 Å². The fraction of sp³-hybridized carbons (Fsp3) is 0.462. The zero-order valence-corrected chi connectivity index (χ0v) is 19.9. The lowest BCUT2D eigenvalue weighted by Gasteiger charge is -2.33. The Bertz CT molecular complexity index is 907. The summed E-state index contributed by atoms with van der Waals surface area (Å²) >= 11 is 0. The van der Waals surface area contributed by atoms with Crippen molar-refractivity contribution in [1.29, 1.82) is 0 Å². The maximum atomic E-state index is 12.0. The van der Waals surface area contributed by atoms with Crippen LogP contribution in [-0.2, 0) is 19.6 Å². The molecule has 1 fully saturated rings. The molecule has 1 aliphatic heterocycles. The van der Waals surface area contributed by atoms with E-state index < -0.39 is 0 Å². The zero-order valence-electron chi connectivity index (χ0n) is 19.9. The molecule has 2 aromatic rings. The van der Waals surface area contributed by atoms with Crippen molar-refractivity contribution in [2.75, 3.05) is 27.7 Å². The van der Waals surface area contributed by atoms with Crippen molar-refractivity contribution >= 4 is 11.9 Å². The average molecular weight is 436 g/mol. The van der Waals surface area contributed by atoms with Crippen molar-refractivity contribution in [1.82, 2.24) is 20.4 Å². The van der Waals surface area contributed by atoms with Gasteiger partial charge in [-0.25, -0.2) is 0 Å². The maximum absolute atomic E-state index is 12.0. The topological polar surface area (TPSA) is 60.0 Å². The highest BCUT2D eigenvalue weighted by atomic mass is 16.2. The molecule has 1 unspecified atom stereocenters. The number of nitrogens with one attached hydrogen (secondary N) is 2. The van der Waals surface area contributed by atoms with Gasteiger partial charge in [-0.2, -0.15) is 0 Å². The molecule has 0 aromatic heterocycles. The van der Waals surface area contributed by atoms with Gasteiger partial charge in [0.25, 0.3) is 5.91 Å². The van der Waals surface area contributed by atoms with Crippen LogP contribution >= 0.6 is 0 Å². The van der Waals surface area contributed by atoms with Gasteiger partial charge in [0, 0.05) is 52.4 Å². The van der Waals surface area contributed by atoms with E-state index in [1.807, 2.05) is 24.3 Å². The van der Waals surface area contributed by atoms with E-state index in [0.717, 1.165) is 24.6 Å². The molecule has 0 radical (unpaired) electrons. The van der Waals surface area contributed by atoms with Crippen molar-refractivity contribution in [3.8, 4) is 0 Å². The molecule has 6 heteroatoms. The highest BCUT2D eigenvalue weighted by Crippen LogP contribution is 2.20. The number of carbonyl (C=O) groups is 1. The van der Waals surface area contributed by atoms with Gasteiger partial charge in [0.15, 0.2) is 5.96 Å². The molecule has 1 saturated heterocycles. The lowest BCUT2D eigenvalue weighted by molar-refractivity contribution is 0.0827. The van der Waals surface area contributed by atoms with Gasteiger partial charge in [-0.15, -0.1) is 0 Å². The second-order valence-electron chi connectivity index (χ2n) is 8.76. The van der Waals surface area contributed by atoms with E-state index in [2.05, 4.69) is 51.7 Å². The van der Waals surface area contributed by atoms with E-state index in [1.165, 1.54) is 36.9 Å². The van der Waals surface area contributed by atoms with Gasteiger partial charge < -0.3 is 15.5 Å². The van der Waals surface area contributed by atoms with Gasteiger partial charge in [-0.05, 0) is 55.1 Å². The van der Waals surface area contributed by atoms with Gasteiger partial charge in [-0.3, -0.25) is 14.7 Å². The lowest BCUT2D eigenvalue weighted by Crippen LogP contribution is -2.38. The summed E-state index contributed by atoms with van der Waals surface area (Å²) < 4.78 is 0. The first kappa shape index (κ1) is 23.8. The summed E-state index contributed by atoms with van der Waals surface area (Å²) in [7, 11) is 5.31. The van der Waals surface area contributed by atoms with Crippen LogP contribution in [-0.4, -0.2) is 55.4 Å². The SMILES string of the molecule is CN=C(NCc1ccc(C(=O)N(C)C)cc1)NCc1ccccc1CN1CCCCC1C. The van der Waals surface area contributed by atoms with Crippen LogP contribution in [0.2, 0.25) is 0 Å². The molecular weight excluding hydrogens is 398 g/mol. The molecule has 1 aliphatic rings. The summed E-state index contributed by atoms with van der Waals surface area (Å²) in [4.78, 5) is 20.6. The summed E-state index contributed by atoms with van der Waals surface area (Å²) in [5.41, 5.74) is 4.48. The Balaban J connectivity index is 1.54. The second-order valence-corrected chi connectivity index (χ2v) is 8.76. The van der Waals surface area contributed by atoms with Gasteiger partial charge in [0.2, 0.25) is 0 Å². The summed E-state index contributed by atoms with van der Waals surface area (Å²) in [6, 6.07) is 17.0. The van der Waals surface area contributed by atoms with Crippen molar-refractivity contribution in [2.45, 2.75) is 51.9 Å². The number of hydrogen-bond acceptors (Lipinski definition) is 3. The normalized spacial score (nSPS) is 17.1. The number of likely N-dealkylation sites (tertiary alicyclic amines) is 1. The van der Waals surface area contributed by atoms with Crippen LogP contribution in [0.1, 0.15) is 53.2 Å². The Hall–Kier alpha value is -2.86. The molecule has 2 N–H and O–H groups in total. The molecule has 3 rings (SSSR count). The van der Waals surface area contributed by atoms with Crippen LogP contribution in [0, 0.1) is 0 Å². The number of amides is 1. The Morgan fingerprint density at radius 2 is 1.72 bits per heavy atom. The van der Waals surface area contributed by atoms with Gasteiger partial charge in [-0.1, -0.05) is 42.8 Å². The molecule has 2 aromatic carbocycles. The van der Waals surface area contributed by atoms with Gasteiger partial charge in [0.1, 0.15) is 0 Å². The van der Waals surface area contributed by atoms with Crippen LogP contribution in [0.5, 0.6) is 0 Å². The molecule has 0 bridgehead atoms.